The van der Waals surface area contributed by atoms with Gasteiger partial charge in [0.2, 0.25) is 0 Å². The third-order valence-electron chi connectivity index (χ3n) is 12.8. The molecule has 5 atom stereocenters. The highest BCUT2D eigenvalue weighted by atomic mass is 16.0. The molecular weight excluding hydrogens is 376 g/mol. The van der Waals surface area contributed by atoms with Gasteiger partial charge in [-0.15, -0.1) is 0 Å². The highest BCUT2D eigenvalue weighted by Gasteiger charge is 2.65. The predicted molar refractivity (Wildman–Crippen MR) is 131 cm³/mol. The van der Waals surface area contributed by atoms with E-state index in [9.17, 15) is 0 Å². The van der Waals surface area contributed by atoms with Crippen LogP contribution in [-0.4, -0.2) is 5.48 Å². The molecule has 0 aromatic rings. The normalized spacial score (nSPS) is 45.4. The minimum absolute atomic E-state index is 0. The first-order valence-electron chi connectivity index (χ1n) is 13.0. The SMILES string of the molecule is CC1=C2CC(CC1C1(C3CC4CC(=C3C)C4(C)C)CC3CC(=C1C)C3(C)C)C2(C)C.O. The summed E-state index contributed by atoms with van der Waals surface area (Å²) in [6, 6.07) is 0. The summed E-state index contributed by atoms with van der Waals surface area (Å²) < 4.78 is 0. The van der Waals surface area contributed by atoms with Gasteiger partial charge in [-0.25, -0.2) is 0 Å². The number of rotatable bonds is 2. The molecule has 31 heavy (non-hydrogen) atoms. The summed E-state index contributed by atoms with van der Waals surface area (Å²) in [5.74, 6) is 4.35. The van der Waals surface area contributed by atoms with Crippen LogP contribution in [0.2, 0.25) is 0 Å². The van der Waals surface area contributed by atoms with Crippen LogP contribution in [0.3, 0.4) is 0 Å². The van der Waals surface area contributed by atoms with Crippen LogP contribution in [0.1, 0.15) is 101 Å². The van der Waals surface area contributed by atoms with Crippen LogP contribution >= 0.6 is 0 Å². The van der Waals surface area contributed by atoms with Gasteiger partial charge in [-0.05, 0) is 105 Å². The van der Waals surface area contributed by atoms with Crippen molar-refractivity contribution < 1.29 is 5.48 Å². The van der Waals surface area contributed by atoms with Gasteiger partial charge in [-0.2, -0.15) is 0 Å². The molecule has 172 valence electrons. The Balaban J connectivity index is 0.00000204. The average molecular weight is 423 g/mol. The molecule has 0 aromatic carbocycles. The highest BCUT2D eigenvalue weighted by Crippen LogP contribution is 2.75. The monoisotopic (exact) mass is 422 g/mol. The molecule has 0 aromatic heterocycles. The summed E-state index contributed by atoms with van der Waals surface area (Å²) in [5.41, 5.74) is 12.8. The topological polar surface area (TPSA) is 31.5 Å². The Bertz CT molecular complexity index is 897. The maximum atomic E-state index is 2.60. The van der Waals surface area contributed by atoms with Crippen LogP contribution in [0.25, 0.3) is 0 Å². The van der Waals surface area contributed by atoms with Crippen molar-refractivity contribution in [3.8, 4) is 0 Å². The van der Waals surface area contributed by atoms with E-state index in [1.807, 2.05) is 33.4 Å². The second kappa shape index (κ2) is 5.99. The smallest absolute Gasteiger partial charge is 0.00460 e. The van der Waals surface area contributed by atoms with Crippen LogP contribution < -0.4 is 0 Å². The van der Waals surface area contributed by atoms with E-state index in [1.54, 1.807) is 0 Å². The van der Waals surface area contributed by atoms with Crippen molar-refractivity contribution in [1.29, 1.82) is 0 Å². The molecule has 0 heterocycles. The van der Waals surface area contributed by atoms with E-state index in [4.69, 9.17) is 0 Å². The van der Waals surface area contributed by atoms with E-state index >= 15 is 0 Å². The molecule has 9 aliphatic carbocycles. The fraction of sp³-hybridized carbons (Fsp3) is 0.800. The van der Waals surface area contributed by atoms with Gasteiger partial charge in [0.15, 0.2) is 0 Å². The molecule has 6 bridgehead atoms. The Kier molecular flexibility index (Phi) is 4.25. The molecular formula is C30H46O. The summed E-state index contributed by atoms with van der Waals surface area (Å²) >= 11 is 0. The van der Waals surface area contributed by atoms with Crippen LogP contribution in [0.15, 0.2) is 33.4 Å². The quantitative estimate of drug-likeness (QED) is 0.409. The summed E-state index contributed by atoms with van der Waals surface area (Å²) in [4.78, 5) is 0. The second-order valence-electron chi connectivity index (χ2n) is 14.1. The van der Waals surface area contributed by atoms with Crippen LogP contribution in [0.5, 0.6) is 0 Å². The molecule has 2 N–H and O–H groups in total. The Morgan fingerprint density at radius 3 is 1.29 bits per heavy atom. The Morgan fingerprint density at radius 1 is 0.581 bits per heavy atom. The zero-order chi connectivity index (χ0) is 21.6. The van der Waals surface area contributed by atoms with Gasteiger partial charge in [-0.3, -0.25) is 0 Å². The van der Waals surface area contributed by atoms with Crippen molar-refractivity contribution in [2.24, 2.45) is 51.2 Å². The first kappa shape index (κ1) is 22.0. The largest absolute Gasteiger partial charge is 0.412 e. The summed E-state index contributed by atoms with van der Waals surface area (Å²) in [6.07, 6.45) is 8.56. The van der Waals surface area contributed by atoms with E-state index < -0.39 is 0 Å². The van der Waals surface area contributed by atoms with Crippen LogP contribution in [0, 0.1) is 51.2 Å². The fourth-order valence-electron chi connectivity index (χ4n) is 10.1. The number of fused-ring (bicyclic) bond motifs is 8. The molecule has 0 radical (unpaired) electrons. The molecule has 9 rings (SSSR count). The Hall–Kier alpha value is -0.820. The van der Waals surface area contributed by atoms with Gasteiger partial charge in [0.05, 0.1) is 0 Å². The lowest BCUT2D eigenvalue weighted by Gasteiger charge is -2.69. The Morgan fingerprint density at radius 2 is 0.968 bits per heavy atom. The van der Waals surface area contributed by atoms with E-state index in [-0.39, 0.29) is 5.48 Å². The maximum Gasteiger partial charge on any atom is 0.00460 e. The van der Waals surface area contributed by atoms with Crippen molar-refractivity contribution in [3.63, 3.8) is 0 Å². The lowest BCUT2D eigenvalue weighted by molar-refractivity contribution is -0.0426. The third-order valence-corrected chi connectivity index (χ3v) is 12.8. The maximum absolute atomic E-state index is 2.60. The highest BCUT2D eigenvalue weighted by molar-refractivity contribution is 5.48. The number of hydrogen-bond donors (Lipinski definition) is 0. The van der Waals surface area contributed by atoms with Crippen molar-refractivity contribution in [1.82, 2.24) is 0 Å². The molecule has 0 amide bonds. The van der Waals surface area contributed by atoms with E-state index in [0.717, 1.165) is 29.6 Å². The second-order valence-corrected chi connectivity index (χ2v) is 14.1. The fourth-order valence-corrected chi connectivity index (χ4v) is 10.1. The first-order chi connectivity index (χ1) is 13.8. The van der Waals surface area contributed by atoms with Crippen LogP contribution in [-0.2, 0) is 0 Å². The lowest BCUT2D eigenvalue weighted by atomic mass is 9.36. The van der Waals surface area contributed by atoms with Crippen molar-refractivity contribution in [3.05, 3.63) is 33.4 Å². The van der Waals surface area contributed by atoms with Crippen molar-refractivity contribution in [2.75, 3.05) is 0 Å². The molecule has 0 spiro atoms. The Labute approximate surface area is 191 Å². The van der Waals surface area contributed by atoms with E-state index in [2.05, 4.69) is 62.3 Å². The number of allylic oxidation sites excluding steroid dienone is 6. The minimum atomic E-state index is 0. The van der Waals surface area contributed by atoms with E-state index in [1.165, 1.54) is 38.5 Å². The lowest BCUT2D eigenvalue weighted by Crippen LogP contribution is -2.59. The predicted octanol–water partition coefficient (Wildman–Crippen LogP) is 7.68. The molecule has 0 aliphatic heterocycles. The van der Waals surface area contributed by atoms with Crippen molar-refractivity contribution >= 4 is 0 Å². The molecule has 1 nitrogen and oxygen atoms in total. The minimum Gasteiger partial charge on any atom is -0.412 e. The van der Waals surface area contributed by atoms with Gasteiger partial charge in [-0.1, -0.05) is 75.0 Å². The zero-order valence-electron chi connectivity index (χ0n) is 21.6. The molecule has 3 saturated carbocycles. The molecule has 9 aliphatic rings. The van der Waals surface area contributed by atoms with Gasteiger partial charge < -0.3 is 5.48 Å². The molecule has 1 heteroatoms. The molecule has 3 fully saturated rings. The summed E-state index contributed by atoms with van der Waals surface area (Å²) in [7, 11) is 0. The third kappa shape index (κ3) is 2.24. The molecule has 5 unspecified atom stereocenters. The van der Waals surface area contributed by atoms with Gasteiger partial charge >= 0.3 is 0 Å². The standard InChI is InChI=1S/C30H44.H2O/c1-16-22-10-19(27(22,4)5)12-24(16)30(15-21-14-26(18(30)3)29(21,8)9)25-13-20-11-23(17(25)2)28(20,6)7;/h19-21,24-25H,10-15H2,1-9H3;1H2. The summed E-state index contributed by atoms with van der Waals surface area (Å²) in [6.45, 7) is 22.9. The first-order valence-corrected chi connectivity index (χ1v) is 13.0. The number of hydrogen-bond acceptors (Lipinski definition) is 0. The average Bonchev–Trinajstić information content (AvgIpc) is 2.67. The van der Waals surface area contributed by atoms with Gasteiger partial charge in [0.1, 0.15) is 0 Å². The van der Waals surface area contributed by atoms with E-state index in [0.29, 0.717) is 21.7 Å². The molecule has 0 saturated heterocycles. The van der Waals surface area contributed by atoms with Gasteiger partial charge in [0, 0.05) is 5.41 Å². The zero-order valence-corrected chi connectivity index (χ0v) is 21.6. The van der Waals surface area contributed by atoms with Crippen LogP contribution in [0.4, 0.5) is 0 Å². The van der Waals surface area contributed by atoms with Crippen molar-refractivity contribution in [2.45, 2.75) is 101 Å². The van der Waals surface area contributed by atoms with Gasteiger partial charge in [0.25, 0.3) is 0 Å². The summed E-state index contributed by atoms with van der Waals surface area (Å²) in [5, 5.41) is 0.